The molecular weight excluding hydrogens is 294 g/mol. The third-order valence-electron chi connectivity index (χ3n) is 3.04. The van der Waals surface area contributed by atoms with Crippen LogP contribution in [0.25, 0.3) is 10.2 Å². The summed E-state index contributed by atoms with van der Waals surface area (Å²) in [5.74, 6) is -1.13. The van der Waals surface area contributed by atoms with Crippen molar-refractivity contribution in [3.05, 3.63) is 24.3 Å². The van der Waals surface area contributed by atoms with E-state index in [4.69, 9.17) is 11.5 Å². The van der Waals surface area contributed by atoms with Crippen LogP contribution < -0.4 is 11.5 Å². The number of hydrogen-bond acceptors (Lipinski definition) is 5. The van der Waals surface area contributed by atoms with Crippen molar-refractivity contribution in [2.24, 2.45) is 16.9 Å². The number of benzene rings is 1. The van der Waals surface area contributed by atoms with Gasteiger partial charge in [-0.2, -0.15) is 0 Å². The number of thioether (sulfide) groups is 1. The molecule has 1 heterocycles. The Morgan fingerprint density at radius 3 is 2.50 bits per heavy atom. The molecule has 0 saturated carbocycles. The minimum atomic E-state index is -1.03. The summed E-state index contributed by atoms with van der Waals surface area (Å²) >= 11 is 2.65. The van der Waals surface area contributed by atoms with Gasteiger partial charge in [-0.15, -0.1) is 11.3 Å². The van der Waals surface area contributed by atoms with Crippen LogP contribution in [0.2, 0.25) is 0 Å². The summed E-state index contributed by atoms with van der Waals surface area (Å²) in [5, 5.41) is -0.749. The Balaban J connectivity index is 2.33. The molecule has 2 amide bonds. The third kappa shape index (κ3) is 2.78. The Morgan fingerprint density at radius 1 is 1.30 bits per heavy atom. The molecule has 1 aromatic heterocycles. The second-order valence-electron chi connectivity index (χ2n) is 4.93. The molecule has 0 fully saturated rings. The number of carbonyl (C=O) groups excluding carboxylic acids is 2. The number of rotatable bonds is 5. The largest absolute Gasteiger partial charge is 0.369 e. The molecular formula is C13H15N3O2S2. The van der Waals surface area contributed by atoms with Gasteiger partial charge >= 0.3 is 0 Å². The smallest absolute Gasteiger partial charge is 0.232 e. The summed E-state index contributed by atoms with van der Waals surface area (Å²) in [5.41, 5.74) is 10.6. The zero-order chi connectivity index (χ0) is 14.9. The van der Waals surface area contributed by atoms with Gasteiger partial charge in [-0.05, 0) is 26.0 Å². The molecule has 0 aliphatic rings. The SMILES string of the molecule is CC(C)(C(N)=O)C(Sc1nc2ccccc2s1)C(N)=O. The van der Waals surface area contributed by atoms with E-state index in [0.29, 0.717) is 4.34 Å². The lowest BCUT2D eigenvalue weighted by atomic mass is 9.88. The Bertz CT molecular complexity index is 633. The van der Waals surface area contributed by atoms with Crippen LogP contribution in [0.1, 0.15) is 13.8 Å². The van der Waals surface area contributed by atoms with Crippen LogP contribution in [-0.2, 0) is 9.59 Å². The Kier molecular flexibility index (Phi) is 4.01. The van der Waals surface area contributed by atoms with E-state index >= 15 is 0 Å². The zero-order valence-electron chi connectivity index (χ0n) is 11.1. The van der Waals surface area contributed by atoms with E-state index < -0.39 is 22.5 Å². The number of nitrogens with two attached hydrogens (primary N) is 2. The fourth-order valence-corrected chi connectivity index (χ4v) is 4.02. The van der Waals surface area contributed by atoms with Crippen molar-refractivity contribution < 1.29 is 9.59 Å². The van der Waals surface area contributed by atoms with Crippen molar-refractivity contribution in [2.45, 2.75) is 23.4 Å². The predicted molar refractivity (Wildman–Crippen MR) is 81.4 cm³/mol. The highest BCUT2D eigenvalue weighted by atomic mass is 32.2. The average Bonchev–Trinajstić information content (AvgIpc) is 2.77. The number of amides is 2. The normalized spacial score (nSPS) is 13.3. The van der Waals surface area contributed by atoms with Gasteiger partial charge in [-0.3, -0.25) is 9.59 Å². The molecule has 1 atom stereocenters. The van der Waals surface area contributed by atoms with Crippen LogP contribution in [-0.4, -0.2) is 22.0 Å². The number of fused-ring (bicyclic) bond motifs is 1. The van der Waals surface area contributed by atoms with Crippen LogP contribution in [0.3, 0.4) is 0 Å². The third-order valence-corrected chi connectivity index (χ3v) is 5.76. The van der Waals surface area contributed by atoms with Crippen LogP contribution in [0.4, 0.5) is 0 Å². The number of para-hydroxylation sites is 1. The minimum absolute atomic E-state index is 0.560. The summed E-state index contributed by atoms with van der Waals surface area (Å²) in [4.78, 5) is 27.6. The summed E-state index contributed by atoms with van der Waals surface area (Å²) in [6.07, 6.45) is 0. The molecule has 1 unspecified atom stereocenters. The topological polar surface area (TPSA) is 99.1 Å². The number of nitrogens with zero attached hydrogens (tertiary/aromatic N) is 1. The van der Waals surface area contributed by atoms with Crippen molar-refractivity contribution in [2.75, 3.05) is 0 Å². The van der Waals surface area contributed by atoms with Crippen molar-refractivity contribution in [1.82, 2.24) is 4.98 Å². The van der Waals surface area contributed by atoms with Gasteiger partial charge in [0.25, 0.3) is 0 Å². The fourth-order valence-electron chi connectivity index (χ4n) is 1.69. The maximum absolute atomic E-state index is 11.6. The molecule has 0 spiro atoms. The number of aromatic nitrogens is 1. The zero-order valence-corrected chi connectivity index (χ0v) is 12.8. The molecule has 106 valence electrons. The maximum Gasteiger partial charge on any atom is 0.232 e. The van der Waals surface area contributed by atoms with Crippen molar-refractivity contribution in [3.8, 4) is 0 Å². The molecule has 2 rings (SSSR count). The van der Waals surface area contributed by atoms with Gasteiger partial charge in [-0.25, -0.2) is 4.98 Å². The van der Waals surface area contributed by atoms with E-state index in [1.807, 2.05) is 24.3 Å². The molecule has 2 aromatic rings. The second kappa shape index (κ2) is 5.41. The van der Waals surface area contributed by atoms with Crippen molar-refractivity contribution in [3.63, 3.8) is 0 Å². The molecule has 0 aliphatic carbocycles. The minimum Gasteiger partial charge on any atom is -0.369 e. The first kappa shape index (κ1) is 14.8. The van der Waals surface area contributed by atoms with Gasteiger partial charge < -0.3 is 11.5 Å². The summed E-state index contributed by atoms with van der Waals surface area (Å²) in [6.45, 7) is 3.23. The number of thiazole rings is 1. The fraction of sp³-hybridized carbons (Fsp3) is 0.308. The Hall–Kier alpha value is -1.60. The number of carbonyl (C=O) groups is 2. The van der Waals surface area contributed by atoms with Crippen LogP contribution in [0.5, 0.6) is 0 Å². The Labute approximate surface area is 124 Å². The van der Waals surface area contributed by atoms with Gasteiger partial charge in [-0.1, -0.05) is 23.9 Å². The molecule has 0 radical (unpaired) electrons. The lowest BCUT2D eigenvalue weighted by Gasteiger charge is -2.27. The monoisotopic (exact) mass is 309 g/mol. The van der Waals surface area contributed by atoms with Crippen molar-refractivity contribution >= 4 is 45.1 Å². The van der Waals surface area contributed by atoms with Gasteiger partial charge in [0.1, 0.15) is 5.25 Å². The average molecular weight is 309 g/mol. The van der Waals surface area contributed by atoms with Gasteiger partial charge in [0.15, 0.2) is 4.34 Å². The first-order chi connectivity index (χ1) is 9.32. The van der Waals surface area contributed by atoms with E-state index in [1.54, 1.807) is 13.8 Å². The first-order valence-corrected chi connectivity index (χ1v) is 7.63. The Morgan fingerprint density at radius 2 is 1.95 bits per heavy atom. The highest BCUT2D eigenvalue weighted by molar-refractivity contribution is 8.02. The van der Waals surface area contributed by atoms with Gasteiger partial charge in [0.2, 0.25) is 11.8 Å². The molecule has 20 heavy (non-hydrogen) atoms. The standard InChI is InChI=1S/C13H15N3O2S2/c1-13(2,11(15)18)9(10(14)17)20-12-16-7-5-3-4-6-8(7)19-12/h3-6,9H,1-2H3,(H2,14,17)(H2,15,18). The summed E-state index contributed by atoms with van der Waals surface area (Å²) in [6, 6.07) is 7.67. The summed E-state index contributed by atoms with van der Waals surface area (Å²) < 4.78 is 1.72. The number of primary amides is 2. The number of hydrogen-bond donors (Lipinski definition) is 2. The quantitative estimate of drug-likeness (QED) is 0.822. The van der Waals surface area contributed by atoms with Gasteiger partial charge in [0.05, 0.1) is 15.6 Å². The molecule has 0 aliphatic heterocycles. The lowest BCUT2D eigenvalue weighted by Crippen LogP contribution is -2.46. The van der Waals surface area contributed by atoms with E-state index in [-0.39, 0.29) is 0 Å². The predicted octanol–water partition coefficient (Wildman–Crippen LogP) is 1.75. The maximum atomic E-state index is 11.6. The van der Waals surface area contributed by atoms with E-state index in [9.17, 15) is 9.59 Å². The lowest BCUT2D eigenvalue weighted by molar-refractivity contribution is -0.130. The van der Waals surface area contributed by atoms with Crippen LogP contribution in [0.15, 0.2) is 28.6 Å². The molecule has 4 N–H and O–H groups in total. The molecule has 5 nitrogen and oxygen atoms in total. The van der Waals surface area contributed by atoms with Crippen LogP contribution >= 0.6 is 23.1 Å². The van der Waals surface area contributed by atoms with E-state index in [0.717, 1.165) is 10.2 Å². The first-order valence-electron chi connectivity index (χ1n) is 5.94. The highest BCUT2D eigenvalue weighted by Gasteiger charge is 2.40. The van der Waals surface area contributed by atoms with Crippen molar-refractivity contribution in [1.29, 1.82) is 0 Å². The molecule has 7 heteroatoms. The van der Waals surface area contributed by atoms with Gasteiger partial charge in [0, 0.05) is 0 Å². The van der Waals surface area contributed by atoms with E-state index in [2.05, 4.69) is 4.98 Å². The van der Waals surface area contributed by atoms with E-state index in [1.165, 1.54) is 23.1 Å². The second-order valence-corrected chi connectivity index (χ2v) is 7.32. The van der Waals surface area contributed by atoms with Crippen LogP contribution in [0, 0.1) is 5.41 Å². The molecule has 0 saturated heterocycles. The highest BCUT2D eigenvalue weighted by Crippen LogP contribution is 2.38. The summed E-state index contributed by atoms with van der Waals surface area (Å²) in [7, 11) is 0. The molecule has 0 bridgehead atoms. The molecule has 1 aromatic carbocycles.